The number of amides is 1. The van der Waals surface area contributed by atoms with Gasteiger partial charge in [0.2, 0.25) is 14.9 Å². The van der Waals surface area contributed by atoms with Crippen molar-refractivity contribution in [3.63, 3.8) is 0 Å². The number of furan rings is 2. The van der Waals surface area contributed by atoms with E-state index in [4.69, 9.17) is 8.83 Å². The normalized spacial score (nSPS) is 12.9. The van der Waals surface area contributed by atoms with Gasteiger partial charge in [-0.15, -0.1) is 0 Å². The van der Waals surface area contributed by atoms with Crippen LogP contribution >= 0.6 is 0 Å². The largest absolute Gasteiger partial charge is 0.468 e. The molecule has 0 bridgehead atoms. The zero-order valence-electron chi connectivity index (χ0n) is 15.9. The lowest BCUT2D eigenvalue weighted by atomic mass is 10.2. The highest BCUT2D eigenvalue weighted by atomic mass is 32.2. The fraction of sp³-hybridized carbons (Fsp3) is 0.250. The number of carbonyl (C=O) groups is 1. The van der Waals surface area contributed by atoms with E-state index in [-0.39, 0.29) is 28.3 Å². The Morgan fingerprint density at radius 3 is 2.43 bits per heavy atom. The van der Waals surface area contributed by atoms with Gasteiger partial charge < -0.3 is 14.2 Å². The van der Waals surface area contributed by atoms with Crippen molar-refractivity contribution in [2.45, 2.75) is 23.0 Å². The Morgan fingerprint density at radius 1 is 1.11 bits per heavy atom. The third kappa shape index (κ3) is 4.18. The molecule has 1 aromatic carbocycles. The molecule has 148 valence electrons. The average molecular weight is 402 g/mol. The third-order valence-electron chi connectivity index (χ3n) is 4.35. The molecule has 3 rings (SSSR count). The molecule has 1 unspecified atom stereocenters. The van der Waals surface area contributed by atoms with Crippen molar-refractivity contribution in [1.29, 1.82) is 0 Å². The summed E-state index contributed by atoms with van der Waals surface area (Å²) in [5, 5.41) is 2.48. The van der Waals surface area contributed by atoms with Crippen LogP contribution in [-0.2, 0) is 9.84 Å². The first kappa shape index (κ1) is 19.9. The summed E-state index contributed by atoms with van der Waals surface area (Å²) in [5.74, 6) is 0.152. The lowest BCUT2D eigenvalue weighted by Crippen LogP contribution is -2.34. The van der Waals surface area contributed by atoms with Crippen LogP contribution in [0, 0.1) is 6.92 Å². The Bertz CT molecular complexity index is 1030. The molecule has 0 spiro atoms. The van der Waals surface area contributed by atoms with E-state index in [1.54, 1.807) is 24.5 Å². The molecule has 2 heterocycles. The van der Waals surface area contributed by atoms with E-state index in [0.29, 0.717) is 5.76 Å². The van der Waals surface area contributed by atoms with Crippen LogP contribution in [0.25, 0.3) is 0 Å². The Balaban J connectivity index is 1.72. The van der Waals surface area contributed by atoms with Gasteiger partial charge in [0.25, 0.3) is 5.91 Å². The molecule has 0 aliphatic carbocycles. The first-order valence-electron chi connectivity index (χ1n) is 8.68. The summed E-state index contributed by atoms with van der Waals surface area (Å²) < 4.78 is 36.0. The van der Waals surface area contributed by atoms with Gasteiger partial charge in [0, 0.05) is 6.54 Å². The summed E-state index contributed by atoms with van der Waals surface area (Å²) in [4.78, 5) is 14.4. The van der Waals surface area contributed by atoms with Gasteiger partial charge in [0.1, 0.15) is 5.76 Å². The number of nitrogens with zero attached hydrogens (tertiary/aromatic N) is 1. The second kappa shape index (κ2) is 8.04. The van der Waals surface area contributed by atoms with Crippen LogP contribution in [0.4, 0.5) is 0 Å². The molecule has 0 aliphatic heterocycles. The van der Waals surface area contributed by atoms with Gasteiger partial charge in [0.15, 0.2) is 5.76 Å². The van der Waals surface area contributed by atoms with Gasteiger partial charge in [0.05, 0.1) is 17.2 Å². The number of likely N-dealkylation sites (N-methyl/N-ethyl adjacent to an activating group) is 1. The second-order valence-corrected chi connectivity index (χ2v) is 8.52. The maximum absolute atomic E-state index is 12.6. The van der Waals surface area contributed by atoms with Gasteiger partial charge in [-0.25, -0.2) is 8.42 Å². The fourth-order valence-corrected chi connectivity index (χ4v) is 3.89. The van der Waals surface area contributed by atoms with Crippen molar-refractivity contribution < 1.29 is 22.0 Å². The summed E-state index contributed by atoms with van der Waals surface area (Å²) in [6.45, 7) is 2.15. The Kier molecular flexibility index (Phi) is 5.71. The first-order valence-corrected chi connectivity index (χ1v) is 10.2. The highest BCUT2D eigenvalue weighted by Crippen LogP contribution is 2.23. The van der Waals surface area contributed by atoms with E-state index < -0.39 is 15.7 Å². The zero-order valence-corrected chi connectivity index (χ0v) is 16.7. The molecule has 0 aliphatic rings. The molecule has 1 amide bonds. The van der Waals surface area contributed by atoms with E-state index in [1.165, 1.54) is 24.3 Å². The Labute approximate surface area is 163 Å². The predicted octanol–water partition coefficient (Wildman–Crippen LogP) is 3.05. The molecule has 0 radical (unpaired) electrons. The van der Waals surface area contributed by atoms with Crippen molar-refractivity contribution in [3.05, 3.63) is 71.9 Å². The number of hydrogen-bond acceptors (Lipinski definition) is 6. The SMILES string of the molecule is Cc1ccc(S(=O)(=O)c2ccc(C(=O)NCC(c3ccco3)N(C)C)o2)cc1. The van der Waals surface area contributed by atoms with Crippen LogP contribution < -0.4 is 5.32 Å². The number of benzene rings is 1. The summed E-state index contributed by atoms with van der Waals surface area (Å²) in [5.41, 5.74) is 0.950. The Morgan fingerprint density at radius 2 is 1.82 bits per heavy atom. The second-order valence-electron chi connectivity index (χ2n) is 6.64. The summed E-state index contributed by atoms with van der Waals surface area (Å²) in [6, 6.07) is 12.5. The number of aryl methyl sites for hydroxylation is 1. The van der Waals surface area contributed by atoms with E-state index >= 15 is 0 Å². The molecule has 28 heavy (non-hydrogen) atoms. The summed E-state index contributed by atoms with van der Waals surface area (Å²) >= 11 is 0. The van der Waals surface area contributed by atoms with E-state index in [2.05, 4.69) is 5.32 Å². The molecule has 0 saturated heterocycles. The minimum atomic E-state index is -3.82. The lowest BCUT2D eigenvalue weighted by Gasteiger charge is -2.22. The van der Waals surface area contributed by atoms with E-state index in [9.17, 15) is 13.2 Å². The molecular formula is C20H22N2O5S. The number of rotatable bonds is 7. The monoisotopic (exact) mass is 402 g/mol. The molecule has 0 fully saturated rings. The number of hydrogen-bond donors (Lipinski definition) is 1. The molecule has 8 heteroatoms. The van der Waals surface area contributed by atoms with Gasteiger partial charge >= 0.3 is 0 Å². The Hall–Kier alpha value is -2.84. The molecule has 7 nitrogen and oxygen atoms in total. The minimum absolute atomic E-state index is 0.0670. The number of nitrogens with one attached hydrogen (secondary N) is 1. The fourth-order valence-electron chi connectivity index (χ4n) is 2.72. The average Bonchev–Trinajstić information content (AvgIpc) is 3.34. The van der Waals surface area contributed by atoms with Crippen LogP contribution in [0.15, 0.2) is 73.6 Å². The zero-order chi connectivity index (χ0) is 20.3. The first-order chi connectivity index (χ1) is 13.3. The van der Waals surface area contributed by atoms with Gasteiger partial charge in [-0.1, -0.05) is 17.7 Å². The van der Waals surface area contributed by atoms with Crippen molar-refractivity contribution in [2.75, 3.05) is 20.6 Å². The molecule has 3 aromatic rings. The van der Waals surface area contributed by atoms with Gasteiger partial charge in [-0.2, -0.15) is 0 Å². The maximum atomic E-state index is 12.6. The van der Waals surface area contributed by atoms with Gasteiger partial charge in [-0.3, -0.25) is 9.69 Å². The summed E-state index contributed by atoms with van der Waals surface area (Å²) in [6.07, 6.45) is 1.57. The molecule has 1 atom stereocenters. The van der Waals surface area contributed by atoms with Crippen molar-refractivity contribution >= 4 is 15.7 Å². The van der Waals surface area contributed by atoms with Crippen molar-refractivity contribution in [1.82, 2.24) is 10.2 Å². The highest BCUT2D eigenvalue weighted by Gasteiger charge is 2.24. The molecule has 1 N–H and O–H groups in total. The number of sulfone groups is 1. The van der Waals surface area contributed by atoms with Crippen LogP contribution in [0.3, 0.4) is 0 Å². The van der Waals surface area contributed by atoms with Crippen LogP contribution in [0.5, 0.6) is 0 Å². The smallest absolute Gasteiger partial charge is 0.287 e. The van der Waals surface area contributed by atoms with Crippen LogP contribution in [0.1, 0.15) is 27.9 Å². The predicted molar refractivity (Wildman–Crippen MR) is 103 cm³/mol. The standard InChI is InChI=1S/C20H22N2O5S/c1-14-6-8-15(9-7-14)28(24,25)19-11-10-18(27-19)20(23)21-13-16(22(2)3)17-5-4-12-26-17/h4-12,16H,13H2,1-3H3,(H,21,23). The molecular weight excluding hydrogens is 380 g/mol. The number of carbonyl (C=O) groups excluding carboxylic acids is 1. The third-order valence-corrected chi connectivity index (χ3v) is 5.99. The van der Waals surface area contributed by atoms with E-state index in [1.807, 2.05) is 32.0 Å². The maximum Gasteiger partial charge on any atom is 0.287 e. The minimum Gasteiger partial charge on any atom is -0.468 e. The lowest BCUT2D eigenvalue weighted by molar-refractivity contribution is 0.0906. The quantitative estimate of drug-likeness (QED) is 0.653. The van der Waals surface area contributed by atoms with Crippen molar-refractivity contribution in [2.24, 2.45) is 0 Å². The van der Waals surface area contributed by atoms with Crippen LogP contribution in [-0.4, -0.2) is 39.9 Å². The van der Waals surface area contributed by atoms with Crippen LogP contribution in [0.2, 0.25) is 0 Å². The van der Waals surface area contributed by atoms with Gasteiger partial charge in [-0.05, 0) is 57.4 Å². The van der Waals surface area contributed by atoms with Crippen molar-refractivity contribution in [3.8, 4) is 0 Å². The molecule has 0 saturated carbocycles. The van der Waals surface area contributed by atoms with E-state index in [0.717, 1.165) is 5.56 Å². The topological polar surface area (TPSA) is 92.8 Å². The highest BCUT2D eigenvalue weighted by molar-refractivity contribution is 7.91. The molecule has 2 aromatic heterocycles. The summed E-state index contributed by atoms with van der Waals surface area (Å²) in [7, 11) is -0.0715.